The topological polar surface area (TPSA) is 82.8 Å². The number of methoxy groups -OCH3 is 1. The largest absolute Gasteiger partial charge is 0.496 e. The van der Waals surface area contributed by atoms with Crippen molar-refractivity contribution in [3.05, 3.63) is 71.0 Å². The van der Waals surface area contributed by atoms with Gasteiger partial charge in [-0.25, -0.2) is 9.50 Å². The number of esters is 1. The molecule has 4 rings (SSSR count). The van der Waals surface area contributed by atoms with Crippen molar-refractivity contribution in [2.24, 2.45) is 0 Å². The van der Waals surface area contributed by atoms with Crippen molar-refractivity contribution in [2.75, 3.05) is 13.7 Å². The first-order chi connectivity index (χ1) is 15.0. The molecule has 0 N–H and O–H groups in total. The van der Waals surface area contributed by atoms with Crippen LogP contribution in [0.15, 0.2) is 48.5 Å². The minimum atomic E-state index is -0.437. The van der Waals surface area contributed by atoms with Crippen molar-refractivity contribution in [3.63, 3.8) is 0 Å². The third-order valence-electron chi connectivity index (χ3n) is 5.37. The van der Waals surface area contributed by atoms with Crippen LogP contribution < -0.4 is 4.74 Å². The van der Waals surface area contributed by atoms with E-state index in [1.807, 2.05) is 42.6 Å². The van der Waals surface area contributed by atoms with Crippen LogP contribution in [0.1, 0.15) is 33.7 Å². The molecule has 4 aromatic rings. The summed E-state index contributed by atoms with van der Waals surface area (Å²) in [7, 11) is 1.50. The number of carbonyl (C=O) groups excluding carboxylic acids is 2. The van der Waals surface area contributed by atoms with Gasteiger partial charge >= 0.3 is 5.97 Å². The molecule has 0 atom stereocenters. The predicted octanol–water partition coefficient (Wildman–Crippen LogP) is 3.87. The van der Waals surface area contributed by atoms with Crippen LogP contribution in [0.5, 0.6) is 5.75 Å². The smallest absolute Gasteiger partial charge is 0.306 e. The van der Waals surface area contributed by atoms with Crippen LogP contribution in [0.25, 0.3) is 16.6 Å². The molecule has 0 fully saturated rings. The highest BCUT2D eigenvalue weighted by molar-refractivity contribution is 6.00. The molecular formula is C24H23N3O4. The highest BCUT2D eigenvalue weighted by atomic mass is 16.5. The fourth-order valence-corrected chi connectivity index (χ4v) is 3.74. The van der Waals surface area contributed by atoms with Crippen molar-refractivity contribution in [1.29, 1.82) is 0 Å². The number of para-hydroxylation sites is 1. The summed E-state index contributed by atoms with van der Waals surface area (Å²) in [6, 6.07) is 14.7. The third kappa shape index (κ3) is 3.99. The first kappa shape index (κ1) is 20.5. The molecule has 158 valence electrons. The van der Waals surface area contributed by atoms with E-state index in [-0.39, 0.29) is 18.8 Å². The van der Waals surface area contributed by atoms with Gasteiger partial charge in [0, 0.05) is 23.2 Å². The zero-order chi connectivity index (χ0) is 22.0. The van der Waals surface area contributed by atoms with Crippen LogP contribution in [0, 0.1) is 13.8 Å². The normalized spacial score (nSPS) is 11.1. The van der Waals surface area contributed by atoms with Crippen molar-refractivity contribution >= 4 is 28.3 Å². The van der Waals surface area contributed by atoms with E-state index in [0.29, 0.717) is 17.7 Å². The summed E-state index contributed by atoms with van der Waals surface area (Å²) in [5, 5.41) is 5.63. The third-order valence-corrected chi connectivity index (χ3v) is 5.37. The molecule has 7 heteroatoms. The summed E-state index contributed by atoms with van der Waals surface area (Å²) in [6.07, 6.45) is 0.605. The van der Waals surface area contributed by atoms with Crippen LogP contribution in [-0.4, -0.2) is 40.1 Å². The number of ether oxygens (including phenoxy) is 2. The fourth-order valence-electron chi connectivity index (χ4n) is 3.74. The summed E-state index contributed by atoms with van der Waals surface area (Å²) >= 11 is 0. The summed E-state index contributed by atoms with van der Waals surface area (Å²) in [5.74, 6) is -0.280. The van der Waals surface area contributed by atoms with Crippen LogP contribution in [-0.2, 0) is 16.0 Å². The molecule has 0 spiro atoms. The summed E-state index contributed by atoms with van der Waals surface area (Å²) in [4.78, 5) is 29.4. The maximum atomic E-state index is 12.4. The second kappa shape index (κ2) is 8.55. The molecule has 0 amide bonds. The lowest BCUT2D eigenvalue weighted by atomic mass is 10.1. The van der Waals surface area contributed by atoms with Gasteiger partial charge in [-0.05, 0) is 50.1 Å². The maximum Gasteiger partial charge on any atom is 0.306 e. The Bertz CT molecular complexity index is 1290. The number of rotatable bonds is 7. The number of aromatic nitrogens is 3. The SMILES string of the molecule is COc1ccccc1C(=O)COC(=O)CCc1c(C)nc2c3ccccc3nn2c1C. The summed E-state index contributed by atoms with van der Waals surface area (Å²) < 4.78 is 12.2. The average molecular weight is 417 g/mol. The van der Waals surface area contributed by atoms with Gasteiger partial charge in [-0.2, -0.15) is 5.10 Å². The van der Waals surface area contributed by atoms with Gasteiger partial charge in [0.1, 0.15) is 5.75 Å². The average Bonchev–Trinajstić information content (AvgIpc) is 3.16. The lowest BCUT2D eigenvalue weighted by molar-refractivity contribution is -0.142. The van der Waals surface area contributed by atoms with Gasteiger partial charge in [0.15, 0.2) is 12.3 Å². The number of hydrogen-bond acceptors (Lipinski definition) is 6. The van der Waals surface area contributed by atoms with E-state index in [9.17, 15) is 9.59 Å². The zero-order valence-corrected chi connectivity index (χ0v) is 17.7. The van der Waals surface area contributed by atoms with Gasteiger partial charge in [-0.15, -0.1) is 0 Å². The molecule has 0 aliphatic rings. The number of carbonyl (C=O) groups is 2. The van der Waals surface area contributed by atoms with Gasteiger partial charge in [0.2, 0.25) is 5.78 Å². The Morgan fingerprint density at radius 2 is 1.77 bits per heavy atom. The van der Waals surface area contributed by atoms with Crippen molar-refractivity contribution < 1.29 is 19.1 Å². The van der Waals surface area contributed by atoms with E-state index < -0.39 is 5.97 Å². The summed E-state index contributed by atoms with van der Waals surface area (Å²) in [6.45, 7) is 3.58. The molecule has 2 aromatic heterocycles. The maximum absolute atomic E-state index is 12.4. The molecular weight excluding hydrogens is 394 g/mol. The van der Waals surface area contributed by atoms with Gasteiger partial charge < -0.3 is 9.47 Å². The first-order valence-electron chi connectivity index (χ1n) is 10.0. The quantitative estimate of drug-likeness (QED) is 0.335. The molecule has 0 radical (unpaired) electrons. The Balaban J connectivity index is 1.44. The second-order valence-corrected chi connectivity index (χ2v) is 7.30. The minimum absolute atomic E-state index is 0.148. The number of Topliss-reactive ketones (excluding diaryl/α,β-unsaturated/α-hetero) is 1. The minimum Gasteiger partial charge on any atom is -0.496 e. The van der Waals surface area contributed by atoms with Crippen LogP contribution in [0.3, 0.4) is 0 Å². The van der Waals surface area contributed by atoms with Gasteiger partial charge in [-0.3, -0.25) is 9.59 Å². The van der Waals surface area contributed by atoms with Crippen molar-refractivity contribution in [1.82, 2.24) is 14.6 Å². The number of nitrogens with zero attached hydrogens (tertiary/aromatic N) is 3. The van der Waals surface area contributed by atoms with Crippen LogP contribution in [0.2, 0.25) is 0 Å². The molecule has 0 aliphatic carbocycles. The van der Waals surface area contributed by atoms with Crippen molar-refractivity contribution in [2.45, 2.75) is 26.7 Å². The standard InChI is InChI=1S/C24H23N3O4/c1-15-17(16(2)27-24(25-15)18-8-4-6-10-20(18)26-27)12-13-23(29)31-14-21(28)19-9-5-7-11-22(19)30-3/h4-11H,12-14H2,1-3H3. The molecule has 7 nitrogen and oxygen atoms in total. The molecule has 2 aromatic carbocycles. The zero-order valence-electron chi connectivity index (χ0n) is 17.7. The lowest BCUT2D eigenvalue weighted by Gasteiger charge is -2.11. The Labute approximate surface area is 179 Å². The fraction of sp³-hybridized carbons (Fsp3) is 0.250. The Hall–Kier alpha value is -3.74. The molecule has 2 heterocycles. The number of aryl methyl sites for hydroxylation is 2. The molecule has 0 saturated heterocycles. The Morgan fingerprint density at radius 3 is 2.58 bits per heavy atom. The van der Waals surface area contributed by atoms with Gasteiger partial charge in [0.05, 0.1) is 18.2 Å². The van der Waals surface area contributed by atoms with E-state index >= 15 is 0 Å². The van der Waals surface area contributed by atoms with Crippen molar-refractivity contribution in [3.8, 4) is 5.75 Å². The number of hydrogen-bond donors (Lipinski definition) is 0. The Kier molecular flexibility index (Phi) is 5.66. The first-order valence-corrected chi connectivity index (χ1v) is 10.0. The number of benzene rings is 2. The number of ketones is 1. The molecule has 0 saturated carbocycles. The van der Waals surface area contributed by atoms with E-state index in [1.165, 1.54) is 7.11 Å². The second-order valence-electron chi connectivity index (χ2n) is 7.30. The molecule has 31 heavy (non-hydrogen) atoms. The van der Waals surface area contributed by atoms with Gasteiger partial charge in [0.25, 0.3) is 0 Å². The molecule has 0 unspecified atom stereocenters. The highest BCUT2D eigenvalue weighted by Crippen LogP contribution is 2.23. The van der Waals surface area contributed by atoms with Crippen LogP contribution in [0.4, 0.5) is 0 Å². The van der Waals surface area contributed by atoms with E-state index in [1.54, 1.807) is 24.3 Å². The summed E-state index contributed by atoms with van der Waals surface area (Å²) in [5.41, 5.74) is 4.83. The predicted molar refractivity (Wildman–Crippen MR) is 117 cm³/mol. The van der Waals surface area contributed by atoms with Crippen LogP contribution >= 0.6 is 0 Å². The van der Waals surface area contributed by atoms with E-state index in [0.717, 1.165) is 33.5 Å². The highest BCUT2D eigenvalue weighted by Gasteiger charge is 2.17. The molecule has 0 bridgehead atoms. The van der Waals surface area contributed by atoms with Gasteiger partial charge in [-0.1, -0.05) is 24.3 Å². The molecule has 0 aliphatic heterocycles. The van der Waals surface area contributed by atoms with E-state index in [4.69, 9.17) is 14.5 Å². The monoisotopic (exact) mass is 417 g/mol. The Morgan fingerprint density at radius 1 is 1.03 bits per heavy atom. The number of fused-ring (bicyclic) bond motifs is 3. The lowest BCUT2D eigenvalue weighted by Crippen LogP contribution is -2.16. The van der Waals surface area contributed by atoms with E-state index in [2.05, 4.69) is 5.10 Å².